The van der Waals surface area contributed by atoms with Gasteiger partial charge in [-0.1, -0.05) is 63.3 Å². The van der Waals surface area contributed by atoms with Crippen LogP contribution in [0.5, 0.6) is 5.75 Å². The lowest BCUT2D eigenvalue weighted by molar-refractivity contribution is -0.156. The van der Waals surface area contributed by atoms with Gasteiger partial charge in [-0.3, -0.25) is 9.59 Å². The van der Waals surface area contributed by atoms with Gasteiger partial charge in [-0.2, -0.15) is 0 Å². The molecule has 9 heteroatoms. The third-order valence-electron chi connectivity index (χ3n) is 7.51. The van der Waals surface area contributed by atoms with Crippen molar-refractivity contribution in [3.63, 3.8) is 0 Å². The second kappa shape index (κ2) is 18.9. The maximum absolute atomic E-state index is 13.0. The van der Waals surface area contributed by atoms with E-state index in [4.69, 9.17) is 9.47 Å². The van der Waals surface area contributed by atoms with Crippen LogP contribution in [0.1, 0.15) is 72.3 Å². The number of phenols is 1. The van der Waals surface area contributed by atoms with Gasteiger partial charge in [-0.25, -0.2) is 4.79 Å². The molecule has 44 heavy (non-hydrogen) atoms. The number of methoxy groups -OCH3 is 1. The number of hydrogen-bond acceptors (Lipinski definition) is 7. The Morgan fingerprint density at radius 1 is 1.11 bits per heavy atom. The first-order valence-corrected chi connectivity index (χ1v) is 15.4. The number of rotatable bonds is 7. The first-order valence-electron chi connectivity index (χ1n) is 15.4. The number of aryl methyl sites for hydroxylation is 1. The minimum atomic E-state index is -0.880. The molecule has 0 unspecified atom stereocenters. The molecule has 1 aliphatic rings. The fourth-order valence-electron chi connectivity index (χ4n) is 4.74. The largest absolute Gasteiger partial charge is 0.508 e. The Hall–Kier alpha value is -3.69. The second-order valence-electron chi connectivity index (χ2n) is 11.8. The van der Waals surface area contributed by atoms with Gasteiger partial charge < -0.3 is 30.3 Å². The van der Waals surface area contributed by atoms with E-state index in [9.17, 15) is 24.6 Å². The van der Waals surface area contributed by atoms with Gasteiger partial charge in [0.25, 0.3) is 0 Å². The highest BCUT2D eigenvalue weighted by molar-refractivity contribution is 5.91. The summed E-state index contributed by atoms with van der Waals surface area (Å²) in [6.45, 7) is 9.34. The minimum Gasteiger partial charge on any atom is -0.508 e. The zero-order valence-corrected chi connectivity index (χ0v) is 26.9. The van der Waals surface area contributed by atoms with Crippen molar-refractivity contribution in [1.29, 1.82) is 0 Å². The van der Waals surface area contributed by atoms with Gasteiger partial charge in [0, 0.05) is 37.6 Å². The summed E-state index contributed by atoms with van der Waals surface area (Å²) in [6, 6.07) is 4.13. The summed E-state index contributed by atoms with van der Waals surface area (Å²) in [5, 5.41) is 27.0. The molecule has 1 aromatic carbocycles. The van der Waals surface area contributed by atoms with E-state index in [-0.39, 0.29) is 24.0 Å². The number of amides is 2. The molecule has 2 amide bonds. The molecule has 0 aliphatic carbocycles. The van der Waals surface area contributed by atoms with E-state index >= 15 is 0 Å². The molecule has 1 heterocycles. The van der Waals surface area contributed by atoms with Gasteiger partial charge in [0.1, 0.15) is 17.9 Å². The number of aliphatic hydroxyl groups excluding tert-OH is 1. The predicted molar refractivity (Wildman–Crippen MR) is 173 cm³/mol. The van der Waals surface area contributed by atoms with Gasteiger partial charge in [0.2, 0.25) is 11.8 Å². The summed E-state index contributed by atoms with van der Waals surface area (Å²) in [7, 11) is 1.53. The number of esters is 1. The molecular formula is C35H50N2O7. The van der Waals surface area contributed by atoms with Crippen molar-refractivity contribution in [2.75, 3.05) is 12.4 Å². The Morgan fingerprint density at radius 2 is 1.84 bits per heavy atom. The molecule has 9 nitrogen and oxygen atoms in total. The second-order valence-corrected chi connectivity index (χ2v) is 11.8. The molecule has 5 atom stereocenters. The molecule has 0 spiro atoms. The average molecular weight is 611 g/mol. The number of hydrogen-bond donors (Lipinski definition) is 4. The Bertz CT molecular complexity index is 1220. The lowest BCUT2D eigenvalue weighted by atomic mass is 9.90. The van der Waals surface area contributed by atoms with Crippen molar-refractivity contribution in [2.24, 2.45) is 11.8 Å². The lowest BCUT2D eigenvalue weighted by Crippen LogP contribution is -2.43. The van der Waals surface area contributed by atoms with Crippen LogP contribution in [0.2, 0.25) is 0 Å². The molecule has 2 bridgehead atoms. The monoisotopic (exact) mass is 610 g/mol. The summed E-state index contributed by atoms with van der Waals surface area (Å²) >= 11 is 0. The highest BCUT2D eigenvalue weighted by Crippen LogP contribution is 2.24. The molecule has 0 saturated heterocycles. The van der Waals surface area contributed by atoms with Crippen LogP contribution < -0.4 is 10.6 Å². The summed E-state index contributed by atoms with van der Waals surface area (Å²) in [4.78, 5) is 37.9. The minimum absolute atomic E-state index is 0.0429. The lowest BCUT2D eigenvalue weighted by Gasteiger charge is -2.29. The van der Waals surface area contributed by atoms with Crippen molar-refractivity contribution in [2.45, 2.75) is 97.5 Å². The number of aromatic hydroxyl groups is 1. The molecule has 1 aromatic rings. The number of aliphatic hydroxyl groups is 1. The van der Waals surface area contributed by atoms with Gasteiger partial charge in [-0.15, -0.1) is 0 Å². The molecule has 4 N–H and O–H groups in total. The number of fused-ring (bicyclic) bond motifs is 2. The molecule has 0 fully saturated rings. The normalized spacial score (nSPS) is 26.2. The third-order valence-corrected chi connectivity index (χ3v) is 7.51. The van der Waals surface area contributed by atoms with E-state index in [1.54, 1.807) is 31.2 Å². The third kappa shape index (κ3) is 13.3. The first kappa shape index (κ1) is 36.5. The zero-order valence-electron chi connectivity index (χ0n) is 26.9. The predicted octanol–water partition coefficient (Wildman–Crippen LogP) is 5.54. The number of phenolic OH excluding ortho intramolecular Hbond substituents is 1. The molecule has 1 aliphatic heterocycles. The van der Waals surface area contributed by atoms with Crippen molar-refractivity contribution in [1.82, 2.24) is 5.32 Å². The Kier molecular flexibility index (Phi) is 15.6. The number of benzene rings is 1. The van der Waals surface area contributed by atoms with Gasteiger partial charge >= 0.3 is 5.97 Å². The SMILES string of the molecule is CO[C@@H]1/C=C/C=C/C=C\C[C@@H](OC(=O)[C@H](C)NC(=O)CCC(C)C)[C@H](C)[C@@H](O)/C(C)=C/CCc2cc(O)cc(c2)NC(=O)C1. The van der Waals surface area contributed by atoms with Crippen molar-refractivity contribution >= 4 is 23.5 Å². The van der Waals surface area contributed by atoms with E-state index in [0.717, 1.165) is 17.6 Å². The highest BCUT2D eigenvalue weighted by atomic mass is 16.5. The quantitative estimate of drug-likeness (QED) is 0.235. The topological polar surface area (TPSA) is 134 Å². The van der Waals surface area contributed by atoms with Gasteiger partial charge in [0.15, 0.2) is 0 Å². The van der Waals surface area contributed by atoms with E-state index < -0.39 is 36.2 Å². The van der Waals surface area contributed by atoms with Crippen LogP contribution in [0.25, 0.3) is 0 Å². The van der Waals surface area contributed by atoms with Crippen molar-refractivity contribution < 1.29 is 34.1 Å². The van der Waals surface area contributed by atoms with E-state index in [0.29, 0.717) is 37.3 Å². The van der Waals surface area contributed by atoms with Gasteiger partial charge in [0.05, 0.1) is 18.6 Å². The standard InChI is InChI=1S/C35H50N2O7/c1-23(2)17-18-32(39)36-26(5)35(42)44-31-16-11-9-7-8-10-15-30(43-6)22-33(40)37-28-19-27(20-29(38)21-28)14-12-13-24(3)34(41)25(31)4/h7-11,13,15,19-21,23,25-26,30-31,34,38,41H,12,14,16-18,22H2,1-6H3,(H,36,39)(H,37,40)/b8-7+,11-9-,15-10+,24-13+/t25-,26-,30+,31+,34-/m0/s1. The van der Waals surface area contributed by atoms with E-state index in [2.05, 4.69) is 10.6 Å². The van der Waals surface area contributed by atoms with E-state index in [1.807, 2.05) is 58.1 Å². The van der Waals surface area contributed by atoms with Crippen LogP contribution in [0, 0.1) is 11.8 Å². The summed E-state index contributed by atoms with van der Waals surface area (Å²) in [5.41, 5.74) is 2.05. The number of ether oxygens (including phenoxy) is 2. The summed E-state index contributed by atoms with van der Waals surface area (Å²) < 4.78 is 11.3. The number of anilines is 1. The smallest absolute Gasteiger partial charge is 0.328 e. The Labute approximate surface area is 262 Å². The zero-order chi connectivity index (χ0) is 32.6. The maximum Gasteiger partial charge on any atom is 0.328 e. The van der Waals surface area contributed by atoms with Crippen molar-refractivity contribution in [3.05, 3.63) is 71.9 Å². The average Bonchev–Trinajstić information content (AvgIpc) is 2.96. The summed E-state index contributed by atoms with van der Waals surface area (Å²) in [6.07, 6.45) is 13.5. The Balaban J connectivity index is 2.27. The highest BCUT2D eigenvalue weighted by Gasteiger charge is 2.29. The first-order chi connectivity index (χ1) is 20.9. The number of nitrogens with one attached hydrogen (secondary N) is 2. The molecule has 0 aromatic heterocycles. The molecule has 0 radical (unpaired) electrons. The maximum atomic E-state index is 13.0. The van der Waals surface area contributed by atoms with Crippen LogP contribution >= 0.6 is 0 Å². The van der Waals surface area contributed by atoms with Crippen molar-refractivity contribution in [3.8, 4) is 5.75 Å². The molecular weight excluding hydrogens is 560 g/mol. The fourth-order valence-corrected chi connectivity index (χ4v) is 4.74. The van der Waals surface area contributed by atoms with Crippen LogP contribution in [0.15, 0.2) is 66.3 Å². The van der Waals surface area contributed by atoms with Gasteiger partial charge in [-0.05, 0) is 62.3 Å². The number of carbonyl (C=O) groups excluding carboxylic acids is 3. The van der Waals surface area contributed by atoms with Crippen LogP contribution in [-0.4, -0.2) is 59.5 Å². The number of allylic oxidation sites excluding steroid dienone is 5. The molecule has 242 valence electrons. The number of carbonyl (C=O) groups is 3. The Morgan fingerprint density at radius 3 is 2.55 bits per heavy atom. The molecule has 0 saturated carbocycles. The van der Waals surface area contributed by atoms with Crippen LogP contribution in [-0.2, 0) is 30.3 Å². The fraction of sp³-hybridized carbons (Fsp3) is 0.514. The van der Waals surface area contributed by atoms with Crippen LogP contribution in [0.3, 0.4) is 0 Å². The summed E-state index contributed by atoms with van der Waals surface area (Å²) in [5.74, 6) is -1.02. The molecule has 2 rings (SSSR count). The van der Waals surface area contributed by atoms with Crippen LogP contribution in [0.4, 0.5) is 5.69 Å². The van der Waals surface area contributed by atoms with E-state index in [1.165, 1.54) is 13.2 Å².